The van der Waals surface area contributed by atoms with Crippen molar-refractivity contribution in [2.45, 2.75) is 68.7 Å². The summed E-state index contributed by atoms with van der Waals surface area (Å²) in [6, 6.07) is 0. The monoisotopic (exact) mass is 428 g/mol. The summed E-state index contributed by atoms with van der Waals surface area (Å²) < 4.78 is 13.3. The fourth-order valence-corrected chi connectivity index (χ4v) is 8.41. The smallest absolute Gasteiger partial charge is 0.195 e. The summed E-state index contributed by atoms with van der Waals surface area (Å²) in [5, 5.41) is 10.7. The van der Waals surface area contributed by atoms with Gasteiger partial charge in [0.05, 0.1) is 10.3 Å². The molecule has 0 saturated heterocycles. The third-order valence-corrected chi connectivity index (χ3v) is 10.4. The predicted octanol–water partition coefficient (Wildman–Crippen LogP) is 4.53. The van der Waals surface area contributed by atoms with E-state index < -0.39 is 39.1 Å². The fraction of sp³-hybridized carbons (Fsp3) is 0.727. The van der Waals surface area contributed by atoms with Crippen molar-refractivity contribution in [2.75, 3.05) is 6.67 Å². The number of Topliss-reactive ketones (excluding diaryl/α,β-unsaturated/α-hetero) is 1. The van der Waals surface area contributed by atoms with E-state index in [4.69, 9.17) is 23.2 Å². The summed E-state index contributed by atoms with van der Waals surface area (Å²) in [7, 11) is 0. The van der Waals surface area contributed by atoms with Crippen molar-refractivity contribution >= 4 is 34.8 Å². The van der Waals surface area contributed by atoms with Gasteiger partial charge >= 0.3 is 0 Å². The van der Waals surface area contributed by atoms with Crippen LogP contribution in [0.15, 0.2) is 23.3 Å². The summed E-state index contributed by atoms with van der Waals surface area (Å²) in [6.45, 7) is 4.72. The van der Waals surface area contributed by atoms with Crippen molar-refractivity contribution in [3.8, 4) is 0 Å². The molecule has 0 spiro atoms. The van der Waals surface area contributed by atoms with Crippen LogP contribution in [0.3, 0.4) is 0 Å². The number of rotatable bonds is 2. The number of hydrogen-bond acceptors (Lipinski definition) is 3. The lowest BCUT2D eigenvalue weighted by atomic mass is 9.45. The summed E-state index contributed by atoms with van der Waals surface area (Å²) in [5.74, 6) is -0.815. The van der Waals surface area contributed by atoms with Crippen molar-refractivity contribution in [1.29, 1.82) is 0 Å². The Morgan fingerprint density at radius 1 is 1.29 bits per heavy atom. The molecule has 0 heterocycles. The Kier molecular flexibility index (Phi) is 4.52. The highest BCUT2D eigenvalue weighted by Crippen LogP contribution is 2.72. The van der Waals surface area contributed by atoms with Gasteiger partial charge in [-0.1, -0.05) is 25.0 Å². The number of halogens is 3. The highest BCUT2D eigenvalue weighted by molar-refractivity contribution is 6.34. The number of ketones is 2. The van der Waals surface area contributed by atoms with E-state index >= 15 is 0 Å². The Balaban J connectivity index is 1.84. The fourth-order valence-electron chi connectivity index (χ4n) is 7.10. The Bertz CT molecular complexity index is 823. The molecule has 3 nitrogen and oxygen atoms in total. The van der Waals surface area contributed by atoms with Crippen molar-refractivity contribution in [3.05, 3.63) is 23.3 Å². The Morgan fingerprint density at radius 3 is 2.61 bits per heavy atom. The first-order valence-electron chi connectivity index (χ1n) is 10.0. The van der Waals surface area contributed by atoms with Gasteiger partial charge < -0.3 is 5.11 Å². The average Bonchev–Trinajstić information content (AvgIpc) is 2.89. The van der Waals surface area contributed by atoms with Crippen LogP contribution in [0.2, 0.25) is 0 Å². The molecule has 28 heavy (non-hydrogen) atoms. The molecule has 3 saturated carbocycles. The summed E-state index contributed by atoms with van der Waals surface area (Å²) in [4.78, 5) is 23.6. The first-order valence-corrected chi connectivity index (χ1v) is 10.9. The van der Waals surface area contributed by atoms with Gasteiger partial charge in [0.2, 0.25) is 0 Å². The molecule has 0 aromatic carbocycles. The minimum Gasteiger partial charge on any atom is -0.381 e. The van der Waals surface area contributed by atoms with Crippen LogP contribution in [-0.2, 0) is 9.59 Å². The zero-order valence-corrected chi connectivity index (χ0v) is 18.0. The molecule has 0 amide bonds. The SMILES string of the molecule is CC1=CC(=O)C=C2CC[C@H]3[C@@H]4CC[C@](O)(C(=O)CF)[C@@]4(C)CC(Cl)[C@]3(Cl)[C@@]12C. The van der Waals surface area contributed by atoms with Crippen LogP contribution in [0.25, 0.3) is 0 Å². The topological polar surface area (TPSA) is 54.4 Å². The van der Waals surface area contributed by atoms with Crippen molar-refractivity contribution in [1.82, 2.24) is 0 Å². The average molecular weight is 429 g/mol. The van der Waals surface area contributed by atoms with Crippen LogP contribution >= 0.6 is 23.2 Å². The minimum atomic E-state index is -1.69. The lowest BCUT2D eigenvalue weighted by Crippen LogP contribution is -2.68. The molecular weight excluding hydrogens is 402 g/mol. The van der Waals surface area contributed by atoms with Crippen LogP contribution in [0, 0.1) is 22.7 Å². The quantitative estimate of drug-likeness (QED) is 0.657. The Labute approximate surface area is 175 Å². The molecule has 7 atom stereocenters. The van der Waals surface area contributed by atoms with E-state index in [-0.39, 0.29) is 24.0 Å². The van der Waals surface area contributed by atoms with E-state index in [1.165, 1.54) is 0 Å². The molecule has 4 aliphatic rings. The number of alkyl halides is 3. The maximum Gasteiger partial charge on any atom is 0.195 e. The molecule has 0 bridgehead atoms. The van der Waals surface area contributed by atoms with Gasteiger partial charge in [-0.05, 0) is 63.0 Å². The molecule has 0 aromatic heterocycles. The first-order chi connectivity index (χ1) is 13.0. The van der Waals surface area contributed by atoms with Crippen LogP contribution in [0.4, 0.5) is 4.39 Å². The second-order valence-electron chi connectivity index (χ2n) is 9.59. The predicted molar refractivity (Wildman–Crippen MR) is 107 cm³/mol. The van der Waals surface area contributed by atoms with E-state index in [0.717, 1.165) is 24.0 Å². The number of allylic oxidation sites excluding steroid dienone is 4. The zero-order chi connectivity index (χ0) is 20.7. The van der Waals surface area contributed by atoms with E-state index in [2.05, 4.69) is 6.92 Å². The van der Waals surface area contributed by atoms with Gasteiger partial charge in [0.1, 0.15) is 5.60 Å². The summed E-state index contributed by atoms with van der Waals surface area (Å²) in [5.41, 5.74) is -1.11. The van der Waals surface area contributed by atoms with Gasteiger partial charge in [-0.3, -0.25) is 9.59 Å². The van der Waals surface area contributed by atoms with Crippen LogP contribution in [-0.4, -0.2) is 39.2 Å². The minimum absolute atomic E-state index is 0.0146. The van der Waals surface area contributed by atoms with Crippen LogP contribution in [0.5, 0.6) is 0 Å². The maximum atomic E-state index is 13.3. The molecule has 4 aliphatic carbocycles. The molecule has 1 unspecified atom stereocenters. The Morgan fingerprint density at radius 2 is 1.96 bits per heavy atom. The van der Waals surface area contributed by atoms with Crippen LogP contribution < -0.4 is 0 Å². The zero-order valence-electron chi connectivity index (χ0n) is 16.5. The summed E-state index contributed by atoms with van der Waals surface area (Å²) in [6.07, 6.45) is 6.03. The van der Waals surface area contributed by atoms with Crippen LogP contribution in [0.1, 0.15) is 52.9 Å². The molecule has 6 heteroatoms. The number of hydrogen-bond donors (Lipinski definition) is 1. The van der Waals surface area contributed by atoms with E-state index in [9.17, 15) is 19.1 Å². The van der Waals surface area contributed by atoms with Gasteiger partial charge in [0, 0.05) is 10.8 Å². The number of carbonyl (C=O) groups excluding carboxylic acids is 2. The highest BCUT2D eigenvalue weighted by Gasteiger charge is 2.73. The number of fused-ring (bicyclic) bond motifs is 5. The normalized spacial score (nSPS) is 50.2. The largest absolute Gasteiger partial charge is 0.381 e. The van der Waals surface area contributed by atoms with E-state index in [1.54, 1.807) is 12.2 Å². The molecular formula is C22H27Cl2FO3. The molecule has 0 aliphatic heterocycles. The van der Waals surface area contributed by atoms with Crippen molar-refractivity contribution in [2.24, 2.45) is 22.7 Å². The summed E-state index contributed by atoms with van der Waals surface area (Å²) >= 11 is 14.4. The van der Waals surface area contributed by atoms with Gasteiger partial charge in [-0.2, -0.15) is 0 Å². The number of aliphatic hydroxyl groups is 1. The maximum absolute atomic E-state index is 13.3. The highest BCUT2D eigenvalue weighted by atomic mass is 35.5. The second kappa shape index (κ2) is 6.15. The third kappa shape index (κ3) is 2.15. The lowest BCUT2D eigenvalue weighted by Gasteiger charge is -2.64. The van der Waals surface area contributed by atoms with E-state index in [1.807, 2.05) is 13.8 Å². The van der Waals surface area contributed by atoms with Gasteiger partial charge in [-0.15, -0.1) is 23.2 Å². The molecule has 1 N–H and O–H groups in total. The molecule has 4 rings (SSSR count). The van der Waals surface area contributed by atoms with Gasteiger partial charge in [-0.25, -0.2) is 4.39 Å². The van der Waals surface area contributed by atoms with E-state index in [0.29, 0.717) is 12.8 Å². The number of carbonyl (C=O) groups is 2. The standard InChI is InChI=1S/C22H27Cl2FO3/c1-12-8-14(26)9-13-4-5-16-15-6-7-21(28,18(27)11-25)19(15,2)10-17(23)22(16,24)20(12,13)3/h8-9,15-17,28H,4-7,10-11H2,1-3H3/t15-,16-,17?,19-,20-,21-,22-/m0/s1. The van der Waals surface area contributed by atoms with Crippen molar-refractivity contribution in [3.63, 3.8) is 0 Å². The molecule has 3 fully saturated rings. The van der Waals surface area contributed by atoms with Gasteiger partial charge in [0.15, 0.2) is 18.2 Å². The molecule has 0 aromatic rings. The third-order valence-electron chi connectivity index (χ3n) is 8.84. The second-order valence-corrected chi connectivity index (χ2v) is 10.7. The van der Waals surface area contributed by atoms with Crippen molar-refractivity contribution < 1.29 is 19.1 Å². The lowest BCUT2D eigenvalue weighted by molar-refractivity contribution is -0.160. The molecule has 0 radical (unpaired) electrons. The van der Waals surface area contributed by atoms with Gasteiger partial charge in [0.25, 0.3) is 0 Å². The Hall–Kier alpha value is -0.710. The first kappa shape index (κ1) is 20.6. The molecule has 154 valence electrons.